The number of hydrogen-bond donors (Lipinski definition) is 2. The first-order chi connectivity index (χ1) is 26.4. The highest BCUT2D eigenvalue weighted by Gasteiger charge is 2.44. The van der Waals surface area contributed by atoms with E-state index >= 15 is 4.39 Å². The summed E-state index contributed by atoms with van der Waals surface area (Å²) in [7, 11) is -3.52. The van der Waals surface area contributed by atoms with E-state index in [0.717, 1.165) is 41.5 Å². The van der Waals surface area contributed by atoms with Crippen molar-refractivity contribution in [1.82, 2.24) is 19.2 Å². The number of nitrogens with one attached hydrogen (secondary N) is 2. The number of anilines is 5. The molecular weight excluding hydrogens is 768 g/mol. The number of carbonyl (C=O) groups is 3. The first kappa shape index (κ1) is 39.8. The van der Waals surface area contributed by atoms with E-state index in [2.05, 4.69) is 20.6 Å². The van der Waals surface area contributed by atoms with Crippen molar-refractivity contribution in [2.24, 2.45) is 5.92 Å². The number of amides is 4. The molecule has 1 unspecified atom stereocenters. The lowest BCUT2D eigenvalue weighted by atomic mass is 10.0. The van der Waals surface area contributed by atoms with Crippen LogP contribution in [-0.4, -0.2) is 90.5 Å². The van der Waals surface area contributed by atoms with E-state index in [1.54, 1.807) is 13.8 Å². The van der Waals surface area contributed by atoms with Gasteiger partial charge in [0.05, 0.1) is 17.5 Å². The van der Waals surface area contributed by atoms with E-state index < -0.39 is 63.2 Å². The Labute approximate surface area is 317 Å². The standard InChI is InChI=1S/C36H35F5N8O6S/c1-21(2)48-20-26(34(51)49(35(48)52)24-7-4-22(37)5-8-24)33(50)43-23-6-10-29(28(38)18-23)55-25-12-13-42-31(19-25)44-30-11-9-27(36(39,40)41)32(45-30)46-14-16-47(17-15-46)56(3,53)54/h4-13,18-19,21,26H,14-17,20H2,1-3H3,(H,43,50)(H,42,44,45). The summed E-state index contributed by atoms with van der Waals surface area (Å²) in [5.74, 6) is -5.00. The van der Waals surface area contributed by atoms with E-state index in [-0.39, 0.29) is 73.1 Å². The number of nitrogens with zero attached hydrogens (tertiary/aromatic N) is 6. The number of benzene rings is 2. The number of piperazine rings is 1. The molecule has 0 saturated carbocycles. The third kappa shape index (κ3) is 8.81. The Kier molecular flexibility index (Phi) is 11.2. The molecule has 2 aliphatic rings. The van der Waals surface area contributed by atoms with Gasteiger partial charge in [0.15, 0.2) is 11.6 Å². The summed E-state index contributed by atoms with van der Waals surface area (Å²) < 4.78 is 101. The van der Waals surface area contributed by atoms with E-state index in [1.807, 2.05) is 0 Å². The summed E-state index contributed by atoms with van der Waals surface area (Å²) in [6.45, 7) is 3.10. The average Bonchev–Trinajstić information content (AvgIpc) is 3.13. The maximum atomic E-state index is 15.3. The van der Waals surface area contributed by atoms with Crippen LogP contribution in [0.1, 0.15) is 19.4 Å². The Bertz CT molecular complexity index is 2250. The fourth-order valence-electron chi connectivity index (χ4n) is 6.09. The fourth-order valence-corrected chi connectivity index (χ4v) is 6.92. The van der Waals surface area contributed by atoms with Crippen LogP contribution < -0.4 is 25.2 Å². The Morgan fingerprint density at radius 3 is 2.25 bits per heavy atom. The SMILES string of the molecule is CC(C)N1CC(C(=O)Nc2ccc(Oc3ccnc(Nc4ccc(C(F)(F)F)c(N5CCN(S(C)(=O)=O)CC5)n4)c3)c(F)c2)C(=O)N(c2ccc(F)cc2)C1=O. The number of ether oxygens (including phenoxy) is 1. The molecule has 296 valence electrons. The molecule has 1 atom stereocenters. The molecule has 0 radical (unpaired) electrons. The number of carbonyl (C=O) groups excluding carboxylic acids is 3. The number of imide groups is 1. The highest BCUT2D eigenvalue weighted by atomic mass is 32.2. The van der Waals surface area contributed by atoms with Crippen LogP contribution in [0.25, 0.3) is 0 Å². The van der Waals surface area contributed by atoms with Gasteiger partial charge in [0.1, 0.15) is 34.9 Å². The minimum Gasteiger partial charge on any atom is -0.454 e. The molecule has 4 amide bonds. The van der Waals surface area contributed by atoms with Gasteiger partial charge in [-0.15, -0.1) is 0 Å². The van der Waals surface area contributed by atoms with Gasteiger partial charge in [-0.05, 0) is 68.4 Å². The molecule has 0 aliphatic carbocycles. The lowest BCUT2D eigenvalue weighted by Gasteiger charge is -2.39. The van der Waals surface area contributed by atoms with Crippen LogP contribution in [-0.2, 0) is 25.8 Å². The second-order valence-electron chi connectivity index (χ2n) is 13.2. The molecule has 2 saturated heterocycles. The first-order valence-electron chi connectivity index (χ1n) is 17.1. The van der Waals surface area contributed by atoms with Gasteiger partial charge >= 0.3 is 12.2 Å². The Morgan fingerprint density at radius 1 is 0.929 bits per heavy atom. The monoisotopic (exact) mass is 802 g/mol. The van der Waals surface area contributed by atoms with Crippen molar-refractivity contribution < 1.29 is 49.5 Å². The van der Waals surface area contributed by atoms with Crippen LogP contribution in [0.3, 0.4) is 0 Å². The van der Waals surface area contributed by atoms with Gasteiger partial charge in [-0.3, -0.25) is 9.59 Å². The topological polar surface area (TPSA) is 157 Å². The molecule has 56 heavy (non-hydrogen) atoms. The van der Waals surface area contributed by atoms with Gasteiger partial charge in [0, 0.05) is 62.8 Å². The predicted molar refractivity (Wildman–Crippen MR) is 195 cm³/mol. The summed E-state index contributed by atoms with van der Waals surface area (Å²) in [6, 6.07) is 11.8. The zero-order valence-electron chi connectivity index (χ0n) is 30.0. The molecule has 4 aromatic rings. The quantitative estimate of drug-likeness (QED) is 0.148. The molecule has 14 nitrogen and oxygen atoms in total. The van der Waals surface area contributed by atoms with Crippen LogP contribution >= 0.6 is 0 Å². The number of hydrogen-bond acceptors (Lipinski definition) is 10. The summed E-state index contributed by atoms with van der Waals surface area (Å²) in [4.78, 5) is 51.8. The van der Waals surface area contributed by atoms with Crippen LogP contribution in [0.5, 0.6) is 11.5 Å². The lowest BCUT2D eigenvalue weighted by Crippen LogP contribution is -2.61. The lowest BCUT2D eigenvalue weighted by molar-refractivity contribution is -0.137. The van der Waals surface area contributed by atoms with Crippen molar-refractivity contribution in [2.45, 2.75) is 26.1 Å². The summed E-state index contributed by atoms with van der Waals surface area (Å²) in [5.41, 5.74) is -0.942. The van der Waals surface area contributed by atoms with E-state index in [0.29, 0.717) is 0 Å². The van der Waals surface area contributed by atoms with Gasteiger partial charge in [0.25, 0.3) is 0 Å². The maximum Gasteiger partial charge on any atom is 0.419 e. The molecule has 0 spiro atoms. The minimum atomic E-state index is -4.74. The Balaban J connectivity index is 1.14. The van der Waals surface area contributed by atoms with Gasteiger partial charge in [-0.1, -0.05) is 0 Å². The number of sulfonamides is 1. The summed E-state index contributed by atoms with van der Waals surface area (Å²) in [6.07, 6.45) is -2.40. The van der Waals surface area contributed by atoms with E-state index in [9.17, 15) is 40.4 Å². The predicted octanol–water partition coefficient (Wildman–Crippen LogP) is 5.82. The van der Waals surface area contributed by atoms with E-state index in [1.165, 1.54) is 56.7 Å². The molecule has 2 N–H and O–H groups in total. The third-order valence-electron chi connectivity index (χ3n) is 8.96. The highest BCUT2D eigenvalue weighted by molar-refractivity contribution is 7.88. The molecule has 4 heterocycles. The van der Waals surface area contributed by atoms with Crippen molar-refractivity contribution in [1.29, 1.82) is 0 Å². The summed E-state index contributed by atoms with van der Waals surface area (Å²) in [5, 5.41) is 5.32. The number of halogens is 5. The number of rotatable bonds is 10. The molecule has 2 fully saturated rings. The molecular formula is C36H35F5N8O6S. The van der Waals surface area contributed by atoms with Crippen molar-refractivity contribution >= 4 is 56.7 Å². The Hall–Kier alpha value is -5.89. The van der Waals surface area contributed by atoms with Gasteiger partial charge in [-0.2, -0.15) is 17.5 Å². The summed E-state index contributed by atoms with van der Waals surface area (Å²) >= 11 is 0. The largest absolute Gasteiger partial charge is 0.454 e. The second kappa shape index (κ2) is 15.7. The molecule has 0 bridgehead atoms. The first-order valence-corrected chi connectivity index (χ1v) is 18.9. The maximum absolute atomic E-state index is 15.3. The van der Waals surface area contributed by atoms with Crippen LogP contribution in [0.15, 0.2) is 72.9 Å². The van der Waals surface area contributed by atoms with Gasteiger partial charge < -0.3 is 25.2 Å². The number of alkyl halides is 3. The second-order valence-corrected chi connectivity index (χ2v) is 15.2. The number of pyridine rings is 2. The van der Waals surface area contributed by atoms with Crippen LogP contribution in [0, 0.1) is 17.6 Å². The average molecular weight is 803 g/mol. The molecule has 20 heteroatoms. The zero-order chi connectivity index (χ0) is 40.5. The van der Waals surface area contributed by atoms with Crippen molar-refractivity contribution in [3.63, 3.8) is 0 Å². The zero-order valence-corrected chi connectivity index (χ0v) is 30.9. The van der Waals surface area contributed by atoms with Crippen molar-refractivity contribution in [3.8, 4) is 11.5 Å². The van der Waals surface area contributed by atoms with Crippen molar-refractivity contribution in [2.75, 3.05) is 59.4 Å². The fraction of sp³-hybridized carbons (Fsp3) is 0.306. The highest BCUT2D eigenvalue weighted by Crippen LogP contribution is 2.37. The molecule has 2 aromatic heterocycles. The van der Waals surface area contributed by atoms with Gasteiger partial charge in [0.2, 0.25) is 21.8 Å². The number of urea groups is 1. The smallest absolute Gasteiger partial charge is 0.419 e. The Morgan fingerprint density at radius 2 is 1.62 bits per heavy atom. The number of aromatic nitrogens is 2. The molecule has 6 rings (SSSR count). The van der Waals surface area contributed by atoms with Gasteiger partial charge in [-0.25, -0.2) is 36.9 Å². The van der Waals surface area contributed by atoms with E-state index in [4.69, 9.17) is 4.74 Å². The minimum absolute atomic E-state index is 0.00687. The van der Waals surface area contributed by atoms with Crippen LogP contribution in [0.2, 0.25) is 0 Å². The normalized spacial score (nSPS) is 17.0. The third-order valence-corrected chi connectivity index (χ3v) is 10.3. The molecule has 2 aromatic carbocycles. The van der Waals surface area contributed by atoms with Crippen LogP contribution in [0.4, 0.5) is 55.6 Å². The van der Waals surface area contributed by atoms with Crippen molar-refractivity contribution in [3.05, 3.63) is 90.1 Å². The molecule has 2 aliphatic heterocycles.